The van der Waals surface area contributed by atoms with Crippen molar-refractivity contribution >= 4 is 11.8 Å². The third-order valence-electron chi connectivity index (χ3n) is 3.06. The van der Waals surface area contributed by atoms with Crippen LogP contribution in [0.1, 0.15) is 12.6 Å². The zero-order valence-electron chi connectivity index (χ0n) is 10.5. The summed E-state index contributed by atoms with van der Waals surface area (Å²) in [5.41, 5.74) is 3.62. The number of nitrogen functional groups attached to an aromatic ring is 1. The quantitative estimate of drug-likeness (QED) is 0.572. The van der Waals surface area contributed by atoms with Gasteiger partial charge in [0.1, 0.15) is 5.82 Å². The number of piperazine rings is 1. The van der Waals surface area contributed by atoms with Crippen LogP contribution in [0.5, 0.6) is 0 Å². The summed E-state index contributed by atoms with van der Waals surface area (Å²) in [6.45, 7) is 6.11. The predicted molar refractivity (Wildman–Crippen MR) is 68.9 cm³/mol. The lowest BCUT2D eigenvalue weighted by atomic mass is 10.3. The number of nitrogens with one attached hydrogen (secondary N) is 1. The lowest BCUT2D eigenvalue weighted by Gasteiger charge is -2.32. The number of hydrogen-bond acceptors (Lipinski definition) is 6. The molecule has 1 aromatic heterocycles. The molecule has 1 aliphatic heterocycles. The monoisotopic (exact) mass is 236 g/mol. The fourth-order valence-electron chi connectivity index (χ4n) is 1.89. The highest BCUT2D eigenvalue weighted by Crippen LogP contribution is 2.15. The Morgan fingerprint density at radius 3 is 2.59 bits per heavy atom. The first-order valence-corrected chi connectivity index (χ1v) is 6.01. The lowest BCUT2D eigenvalue weighted by Crippen LogP contribution is -2.45. The van der Waals surface area contributed by atoms with Gasteiger partial charge < -0.3 is 15.2 Å². The molecule has 0 spiro atoms. The molecule has 0 unspecified atom stereocenters. The first kappa shape index (κ1) is 12.1. The van der Waals surface area contributed by atoms with E-state index in [1.807, 2.05) is 6.07 Å². The highest BCUT2D eigenvalue weighted by molar-refractivity contribution is 5.43. The van der Waals surface area contributed by atoms with Crippen LogP contribution in [-0.2, 0) is 6.42 Å². The predicted octanol–water partition coefficient (Wildman–Crippen LogP) is 0.0764. The Hall–Kier alpha value is -1.40. The molecule has 3 N–H and O–H groups in total. The van der Waals surface area contributed by atoms with Gasteiger partial charge in [-0.25, -0.2) is 10.8 Å². The third kappa shape index (κ3) is 2.83. The molecule has 2 rings (SSSR count). The summed E-state index contributed by atoms with van der Waals surface area (Å²) in [6.07, 6.45) is 0.887. The Kier molecular flexibility index (Phi) is 3.75. The van der Waals surface area contributed by atoms with Crippen LogP contribution in [0, 0.1) is 0 Å². The van der Waals surface area contributed by atoms with E-state index in [9.17, 15) is 0 Å². The van der Waals surface area contributed by atoms with Gasteiger partial charge in [-0.1, -0.05) is 6.92 Å². The van der Waals surface area contributed by atoms with E-state index in [0.29, 0.717) is 5.82 Å². The number of aryl methyl sites for hydroxylation is 1. The molecule has 0 bridgehead atoms. The second-order valence-corrected chi connectivity index (χ2v) is 4.33. The molecule has 0 aliphatic carbocycles. The standard InChI is InChI=1S/C11H20N6/c1-3-9-8-10(15-12)14-11(13-9)17-6-4-16(2)5-7-17/h8H,3-7,12H2,1-2H3,(H,13,14,15). The van der Waals surface area contributed by atoms with E-state index in [4.69, 9.17) is 5.84 Å². The summed E-state index contributed by atoms with van der Waals surface area (Å²) in [7, 11) is 2.13. The number of anilines is 2. The first-order valence-electron chi connectivity index (χ1n) is 6.01. The van der Waals surface area contributed by atoms with Crippen molar-refractivity contribution in [3.05, 3.63) is 11.8 Å². The maximum Gasteiger partial charge on any atom is 0.227 e. The summed E-state index contributed by atoms with van der Waals surface area (Å²) < 4.78 is 0. The minimum Gasteiger partial charge on any atom is -0.338 e. The van der Waals surface area contributed by atoms with Gasteiger partial charge in [0.05, 0.1) is 0 Å². The number of hydrazine groups is 1. The van der Waals surface area contributed by atoms with Gasteiger partial charge in [-0.3, -0.25) is 0 Å². The molecule has 1 aliphatic rings. The van der Waals surface area contributed by atoms with Crippen molar-refractivity contribution in [3.63, 3.8) is 0 Å². The van der Waals surface area contributed by atoms with Crippen LogP contribution in [0.2, 0.25) is 0 Å². The number of aromatic nitrogens is 2. The second kappa shape index (κ2) is 5.29. The minimum atomic E-state index is 0.686. The molecule has 6 heteroatoms. The van der Waals surface area contributed by atoms with Gasteiger partial charge in [0.15, 0.2) is 0 Å². The van der Waals surface area contributed by atoms with Crippen molar-refractivity contribution in [3.8, 4) is 0 Å². The molecule has 0 radical (unpaired) electrons. The van der Waals surface area contributed by atoms with Crippen molar-refractivity contribution in [2.75, 3.05) is 43.6 Å². The van der Waals surface area contributed by atoms with Crippen molar-refractivity contribution in [2.45, 2.75) is 13.3 Å². The molecule has 6 nitrogen and oxygen atoms in total. The Morgan fingerprint density at radius 2 is 2.00 bits per heavy atom. The van der Waals surface area contributed by atoms with Gasteiger partial charge in [-0.2, -0.15) is 4.98 Å². The summed E-state index contributed by atoms with van der Waals surface area (Å²) in [4.78, 5) is 13.5. The van der Waals surface area contributed by atoms with Gasteiger partial charge >= 0.3 is 0 Å². The van der Waals surface area contributed by atoms with Gasteiger partial charge in [0, 0.05) is 37.9 Å². The molecule has 1 fully saturated rings. The maximum absolute atomic E-state index is 5.43. The number of hydrogen-bond donors (Lipinski definition) is 2. The van der Waals surface area contributed by atoms with Crippen LogP contribution in [0.25, 0.3) is 0 Å². The molecule has 1 aromatic rings. The van der Waals surface area contributed by atoms with E-state index in [1.165, 1.54) is 0 Å². The summed E-state index contributed by atoms with van der Waals surface area (Å²) in [5.74, 6) is 6.90. The number of nitrogens with zero attached hydrogens (tertiary/aromatic N) is 4. The van der Waals surface area contributed by atoms with E-state index in [-0.39, 0.29) is 0 Å². The fraction of sp³-hybridized carbons (Fsp3) is 0.636. The van der Waals surface area contributed by atoms with Crippen molar-refractivity contribution in [1.82, 2.24) is 14.9 Å². The molecule has 0 atom stereocenters. The number of nitrogens with two attached hydrogens (primary N) is 1. The number of rotatable bonds is 3. The van der Waals surface area contributed by atoms with Crippen LogP contribution in [0.3, 0.4) is 0 Å². The normalized spacial score (nSPS) is 17.2. The smallest absolute Gasteiger partial charge is 0.227 e. The molecule has 0 aromatic carbocycles. The lowest BCUT2D eigenvalue weighted by molar-refractivity contribution is 0.311. The highest BCUT2D eigenvalue weighted by Gasteiger charge is 2.17. The average molecular weight is 236 g/mol. The SMILES string of the molecule is CCc1cc(NN)nc(N2CCN(C)CC2)n1. The Labute approximate surface area is 102 Å². The fourth-order valence-corrected chi connectivity index (χ4v) is 1.89. The molecular formula is C11H20N6. The first-order chi connectivity index (χ1) is 8.22. The van der Waals surface area contributed by atoms with Gasteiger partial charge in [-0.05, 0) is 13.5 Å². The Bertz CT molecular complexity index is 350. The van der Waals surface area contributed by atoms with Crippen molar-refractivity contribution in [2.24, 2.45) is 5.84 Å². The Morgan fingerprint density at radius 1 is 1.29 bits per heavy atom. The van der Waals surface area contributed by atoms with Gasteiger partial charge in [0.25, 0.3) is 0 Å². The third-order valence-corrected chi connectivity index (χ3v) is 3.06. The summed E-state index contributed by atoms with van der Waals surface area (Å²) in [5, 5.41) is 0. The van der Waals surface area contributed by atoms with Crippen LogP contribution in [0.4, 0.5) is 11.8 Å². The van der Waals surface area contributed by atoms with Gasteiger partial charge in [0.2, 0.25) is 5.95 Å². The molecule has 0 saturated carbocycles. The van der Waals surface area contributed by atoms with E-state index in [2.05, 4.69) is 39.2 Å². The molecule has 2 heterocycles. The van der Waals surface area contributed by atoms with E-state index >= 15 is 0 Å². The van der Waals surface area contributed by atoms with Crippen LogP contribution < -0.4 is 16.2 Å². The zero-order chi connectivity index (χ0) is 12.3. The molecule has 94 valence electrons. The van der Waals surface area contributed by atoms with Crippen LogP contribution >= 0.6 is 0 Å². The van der Waals surface area contributed by atoms with E-state index in [0.717, 1.165) is 44.2 Å². The highest BCUT2D eigenvalue weighted by atomic mass is 15.3. The minimum absolute atomic E-state index is 0.686. The zero-order valence-corrected chi connectivity index (χ0v) is 10.5. The maximum atomic E-state index is 5.43. The largest absolute Gasteiger partial charge is 0.338 e. The summed E-state index contributed by atoms with van der Waals surface area (Å²) >= 11 is 0. The molecular weight excluding hydrogens is 216 g/mol. The second-order valence-electron chi connectivity index (χ2n) is 4.33. The topological polar surface area (TPSA) is 70.3 Å². The molecule has 0 amide bonds. The number of likely N-dealkylation sites (N-methyl/N-ethyl adjacent to an activating group) is 1. The van der Waals surface area contributed by atoms with Crippen LogP contribution in [0.15, 0.2) is 6.07 Å². The van der Waals surface area contributed by atoms with Gasteiger partial charge in [-0.15, -0.1) is 0 Å². The summed E-state index contributed by atoms with van der Waals surface area (Å²) in [6, 6.07) is 1.89. The van der Waals surface area contributed by atoms with E-state index in [1.54, 1.807) is 0 Å². The van der Waals surface area contributed by atoms with E-state index < -0.39 is 0 Å². The van der Waals surface area contributed by atoms with Crippen molar-refractivity contribution in [1.29, 1.82) is 0 Å². The molecule has 1 saturated heterocycles. The average Bonchev–Trinajstić information content (AvgIpc) is 2.39. The molecule has 17 heavy (non-hydrogen) atoms. The Balaban J connectivity index is 2.19. The van der Waals surface area contributed by atoms with Crippen molar-refractivity contribution < 1.29 is 0 Å². The van der Waals surface area contributed by atoms with Crippen LogP contribution in [-0.4, -0.2) is 48.1 Å².